The largest absolute Gasteiger partial charge is 0.490 e. The summed E-state index contributed by atoms with van der Waals surface area (Å²) < 4.78 is 16.2. The molecule has 1 heterocycles. The number of carboxylic acids is 1. The molecule has 0 atom stereocenters. The average molecular weight is 502 g/mol. The molecular weight excluding hydrogens is 482 g/mol. The van der Waals surface area contributed by atoms with Gasteiger partial charge in [-0.25, -0.2) is 4.79 Å². The van der Waals surface area contributed by atoms with Crippen molar-refractivity contribution in [1.29, 1.82) is 0 Å². The zero-order valence-corrected chi connectivity index (χ0v) is 18.9. The van der Waals surface area contributed by atoms with Crippen molar-refractivity contribution >= 4 is 56.9 Å². The molecule has 2 rings (SSSR count). The van der Waals surface area contributed by atoms with E-state index in [0.717, 1.165) is 4.90 Å². The van der Waals surface area contributed by atoms with E-state index in [1.165, 1.54) is 6.08 Å². The number of ether oxygens (including phenoxy) is 3. The van der Waals surface area contributed by atoms with Crippen molar-refractivity contribution < 1.29 is 38.5 Å². The molecular formula is C19H20BrNO8S. The number of thioether (sulfide) groups is 1. The van der Waals surface area contributed by atoms with Gasteiger partial charge in [0.15, 0.2) is 18.1 Å². The second-order valence-electron chi connectivity index (χ2n) is 6.25. The zero-order valence-electron chi connectivity index (χ0n) is 16.5. The van der Waals surface area contributed by atoms with Gasteiger partial charge in [-0.2, -0.15) is 0 Å². The Labute approximate surface area is 185 Å². The molecule has 1 aromatic rings. The summed E-state index contributed by atoms with van der Waals surface area (Å²) in [5.41, 5.74) is 0.517. The number of hydrogen-bond donors (Lipinski definition) is 1. The maximum atomic E-state index is 12.6. The van der Waals surface area contributed by atoms with Crippen LogP contribution in [-0.2, 0) is 19.1 Å². The highest BCUT2D eigenvalue weighted by Gasteiger charge is 2.36. The van der Waals surface area contributed by atoms with Crippen molar-refractivity contribution in [3.8, 4) is 11.5 Å². The Morgan fingerprint density at radius 3 is 2.57 bits per heavy atom. The number of carbonyl (C=O) groups is 4. The summed E-state index contributed by atoms with van der Waals surface area (Å²) in [6.45, 7) is 4.38. The summed E-state index contributed by atoms with van der Waals surface area (Å²) >= 11 is 4.01. The van der Waals surface area contributed by atoms with Gasteiger partial charge in [0, 0.05) is 0 Å². The van der Waals surface area contributed by atoms with Crippen molar-refractivity contribution in [2.45, 2.75) is 26.9 Å². The summed E-state index contributed by atoms with van der Waals surface area (Å²) in [5.74, 6) is -1.93. The Balaban J connectivity index is 2.27. The fourth-order valence-electron chi connectivity index (χ4n) is 2.43. The monoisotopic (exact) mass is 501 g/mol. The molecule has 0 spiro atoms. The van der Waals surface area contributed by atoms with E-state index in [1.54, 1.807) is 32.9 Å². The number of imide groups is 1. The van der Waals surface area contributed by atoms with Crippen LogP contribution in [0.15, 0.2) is 21.5 Å². The number of esters is 1. The van der Waals surface area contributed by atoms with Gasteiger partial charge in [0.05, 0.1) is 22.1 Å². The summed E-state index contributed by atoms with van der Waals surface area (Å²) in [7, 11) is 0. The highest BCUT2D eigenvalue weighted by atomic mass is 79.9. The molecule has 1 fully saturated rings. The van der Waals surface area contributed by atoms with E-state index >= 15 is 0 Å². The van der Waals surface area contributed by atoms with Crippen LogP contribution in [0.25, 0.3) is 6.08 Å². The molecule has 1 N–H and O–H groups in total. The SMILES string of the molecule is CCOc1cc(/C=C2/SC(=O)N(CC(=O)OC(C)C)C2=O)cc(Br)c1OCC(=O)O. The van der Waals surface area contributed by atoms with Crippen LogP contribution in [-0.4, -0.2) is 59.0 Å². The lowest BCUT2D eigenvalue weighted by Gasteiger charge is -2.14. The van der Waals surface area contributed by atoms with Gasteiger partial charge in [0.25, 0.3) is 11.1 Å². The van der Waals surface area contributed by atoms with Crippen LogP contribution in [0.5, 0.6) is 11.5 Å². The standard InChI is InChI=1S/C19H20BrNO8S/c1-4-27-13-6-11(5-12(20)17(13)28-9-15(22)23)7-14-18(25)21(19(26)30-14)8-16(24)29-10(2)3/h5-7,10H,4,8-9H2,1-3H3,(H,22,23)/b14-7+. The lowest BCUT2D eigenvalue weighted by Crippen LogP contribution is -2.35. The second kappa shape index (κ2) is 10.5. The molecule has 1 aliphatic rings. The van der Waals surface area contributed by atoms with Crippen LogP contribution in [0, 0.1) is 0 Å². The maximum absolute atomic E-state index is 12.6. The number of aliphatic carboxylic acids is 1. The Hall–Kier alpha value is -2.53. The van der Waals surface area contributed by atoms with E-state index in [4.69, 9.17) is 19.3 Å². The van der Waals surface area contributed by atoms with Crippen LogP contribution in [0.4, 0.5) is 4.79 Å². The Kier molecular flexibility index (Phi) is 8.30. The fourth-order valence-corrected chi connectivity index (χ4v) is 3.84. The van der Waals surface area contributed by atoms with Crippen LogP contribution in [0.1, 0.15) is 26.3 Å². The van der Waals surface area contributed by atoms with Gasteiger partial charge < -0.3 is 19.3 Å². The third-order valence-electron chi connectivity index (χ3n) is 3.50. The minimum absolute atomic E-state index is 0.130. The quantitative estimate of drug-likeness (QED) is 0.401. The molecule has 11 heteroatoms. The van der Waals surface area contributed by atoms with E-state index in [-0.39, 0.29) is 22.5 Å². The number of rotatable bonds is 9. The number of nitrogens with zero attached hydrogens (tertiary/aromatic N) is 1. The van der Waals surface area contributed by atoms with Crippen molar-refractivity contribution in [3.05, 3.63) is 27.1 Å². The van der Waals surface area contributed by atoms with Crippen molar-refractivity contribution in [1.82, 2.24) is 4.90 Å². The molecule has 9 nitrogen and oxygen atoms in total. The summed E-state index contributed by atoms with van der Waals surface area (Å²) in [4.78, 5) is 48.2. The van der Waals surface area contributed by atoms with Crippen LogP contribution in [0.3, 0.4) is 0 Å². The highest BCUT2D eigenvalue weighted by Crippen LogP contribution is 2.39. The summed E-state index contributed by atoms with van der Waals surface area (Å²) in [6.07, 6.45) is 1.12. The van der Waals surface area contributed by atoms with Gasteiger partial charge in [0.2, 0.25) is 0 Å². The molecule has 2 amide bonds. The summed E-state index contributed by atoms with van der Waals surface area (Å²) in [6, 6.07) is 3.16. The number of carboxylic acid groups (broad SMARTS) is 1. The first kappa shape index (κ1) is 23.7. The normalized spacial score (nSPS) is 15.1. The van der Waals surface area contributed by atoms with E-state index in [2.05, 4.69) is 15.9 Å². The third kappa shape index (κ3) is 6.23. The number of benzene rings is 1. The first-order chi connectivity index (χ1) is 14.1. The molecule has 0 aromatic heterocycles. The highest BCUT2D eigenvalue weighted by molar-refractivity contribution is 9.10. The number of carbonyl (C=O) groups excluding carboxylic acids is 3. The molecule has 0 radical (unpaired) electrons. The maximum Gasteiger partial charge on any atom is 0.341 e. The number of hydrogen-bond acceptors (Lipinski definition) is 8. The predicted octanol–water partition coefficient (Wildman–Crippen LogP) is 3.30. The third-order valence-corrected chi connectivity index (χ3v) is 4.99. The van der Waals surface area contributed by atoms with E-state index in [0.29, 0.717) is 28.4 Å². The fraction of sp³-hybridized carbons (Fsp3) is 0.368. The van der Waals surface area contributed by atoms with Gasteiger partial charge in [-0.05, 0) is 72.2 Å². The van der Waals surface area contributed by atoms with Gasteiger partial charge in [-0.3, -0.25) is 19.3 Å². The van der Waals surface area contributed by atoms with Gasteiger partial charge in [0.1, 0.15) is 6.54 Å². The molecule has 0 saturated carbocycles. The zero-order chi connectivity index (χ0) is 22.4. The molecule has 0 aliphatic carbocycles. The molecule has 0 unspecified atom stereocenters. The smallest absolute Gasteiger partial charge is 0.341 e. The minimum atomic E-state index is -1.14. The van der Waals surface area contributed by atoms with E-state index in [1.807, 2.05) is 0 Å². The predicted molar refractivity (Wildman–Crippen MR) is 112 cm³/mol. The molecule has 162 valence electrons. The molecule has 30 heavy (non-hydrogen) atoms. The lowest BCUT2D eigenvalue weighted by atomic mass is 10.2. The number of amides is 2. The summed E-state index contributed by atoms with van der Waals surface area (Å²) in [5, 5.41) is 8.25. The Morgan fingerprint density at radius 1 is 1.27 bits per heavy atom. The van der Waals surface area contributed by atoms with Crippen molar-refractivity contribution in [2.24, 2.45) is 0 Å². The lowest BCUT2D eigenvalue weighted by molar-refractivity contribution is -0.149. The molecule has 1 saturated heterocycles. The topological polar surface area (TPSA) is 119 Å². The first-order valence-electron chi connectivity index (χ1n) is 8.88. The number of halogens is 1. The molecule has 0 bridgehead atoms. The molecule has 1 aliphatic heterocycles. The first-order valence-corrected chi connectivity index (χ1v) is 10.5. The second-order valence-corrected chi connectivity index (χ2v) is 8.10. The Bertz CT molecular complexity index is 899. The van der Waals surface area contributed by atoms with Crippen molar-refractivity contribution in [3.63, 3.8) is 0 Å². The van der Waals surface area contributed by atoms with E-state index in [9.17, 15) is 19.2 Å². The van der Waals surface area contributed by atoms with Crippen molar-refractivity contribution in [2.75, 3.05) is 19.8 Å². The van der Waals surface area contributed by atoms with E-state index < -0.39 is 36.2 Å². The average Bonchev–Trinajstić information content (AvgIpc) is 2.88. The van der Waals surface area contributed by atoms with Gasteiger partial charge in [-0.1, -0.05) is 0 Å². The van der Waals surface area contributed by atoms with Crippen LogP contribution < -0.4 is 9.47 Å². The molecule has 1 aromatic carbocycles. The Morgan fingerprint density at radius 2 is 1.97 bits per heavy atom. The van der Waals surface area contributed by atoms with Gasteiger partial charge in [-0.15, -0.1) is 0 Å². The minimum Gasteiger partial charge on any atom is -0.490 e. The van der Waals surface area contributed by atoms with Crippen LogP contribution >= 0.6 is 27.7 Å². The van der Waals surface area contributed by atoms with Gasteiger partial charge >= 0.3 is 11.9 Å². The van der Waals surface area contributed by atoms with Crippen LogP contribution in [0.2, 0.25) is 0 Å².